The van der Waals surface area contributed by atoms with Gasteiger partial charge in [0.05, 0.1) is 12.2 Å². The molecule has 5 nitrogen and oxygen atoms in total. The lowest BCUT2D eigenvalue weighted by Gasteiger charge is -2.07. The van der Waals surface area contributed by atoms with Gasteiger partial charge < -0.3 is 4.40 Å². The number of hydrogen-bond acceptors (Lipinski definition) is 3. The fourth-order valence-corrected chi connectivity index (χ4v) is 1.93. The molecular formula is C13H9F3N4O. The average Bonchev–Trinajstić information content (AvgIpc) is 2.82. The van der Waals surface area contributed by atoms with E-state index in [0.29, 0.717) is 17.4 Å². The summed E-state index contributed by atoms with van der Waals surface area (Å²) in [6.45, 7) is -0.121. The maximum atomic E-state index is 12.6. The Morgan fingerprint density at radius 2 is 1.95 bits per heavy atom. The van der Waals surface area contributed by atoms with Gasteiger partial charge in [-0.05, 0) is 18.2 Å². The van der Waals surface area contributed by atoms with Crippen LogP contribution in [-0.2, 0) is 12.7 Å². The van der Waals surface area contributed by atoms with Crippen molar-refractivity contribution in [2.24, 2.45) is 0 Å². The van der Waals surface area contributed by atoms with E-state index >= 15 is 0 Å². The summed E-state index contributed by atoms with van der Waals surface area (Å²) in [6, 6.07) is 6.87. The van der Waals surface area contributed by atoms with Gasteiger partial charge in [0.15, 0.2) is 5.69 Å². The molecule has 3 aromatic heterocycles. The van der Waals surface area contributed by atoms with Crippen molar-refractivity contribution in [2.45, 2.75) is 12.7 Å². The van der Waals surface area contributed by atoms with E-state index in [0.717, 1.165) is 10.7 Å². The van der Waals surface area contributed by atoms with E-state index in [1.165, 1.54) is 0 Å². The van der Waals surface area contributed by atoms with Gasteiger partial charge in [0.1, 0.15) is 5.65 Å². The zero-order chi connectivity index (χ0) is 15.0. The molecule has 108 valence electrons. The average molecular weight is 294 g/mol. The highest BCUT2D eigenvalue weighted by Crippen LogP contribution is 2.26. The lowest BCUT2D eigenvalue weighted by molar-refractivity contribution is -0.142. The Morgan fingerprint density at radius 1 is 1.14 bits per heavy atom. The molecule has 0 fully saturated rings. The standard InChI is InChI=1S/C13H9F3N4O/c14-13(15,16)10-4-5-12(21)20(18-10)8-9-7-19-6-2-1-3-11(19)17-9/h1-7H,8H2. The summed E-state index contributed by atoms with van der Waals surface area (Å²) in [4.78, 5) is 15.8. The van der Waals surface area contributed by atoms with Gasteiger partial charge in [-0.1, -0.05) is 6.07 Å². The second kappa shape index (κ2) is 4.72. The normalized spacial score (nSPS) is 12.0. The van der Waals surface area contributed by atoms with E-state index in [1.807, 2.05) is 0 Å². The molecule has 0 saturated carbocycles. The van der Waals surface area contributed by atoms with Gasteiger partial charge in [-0.15, -0.1) is 0 Å². The van der Waals surface area contributed by atoms with E-state index in [-0.39, 0.29) is 6.54 Å². The lowest BCUT2D eigenvalue weighted by atomic mass is 10.4. The summed E-state index contributed by atoms with van der Waals surface area (Å²) in [5, 5.41) is 3.34. The largest absolute Gasteiger partial charge is 0.435 e. The van der Waals surface area contributed by atoms with Crippen molar-refractivity contribution >= 4 is 5.65 Å². The third kappa shape index (κ3) is 2.64. The van der Waals surface area contributed by atoms with Gasteiger partial charge >= 0.3 is 6.18 Å². The van der Waals surface area contributed by atoms with Crippen molar-refractivity contribution in [1.29, 1.82) is 0 Å². The molecule has 3 rings (SSSR count). The minimum Gasteiger partial charge on any atom is -0.307 e. The summed E-state index contributed by atoms with van der Waals surface area (Å²) in [7, 11) is 0. The Kier molecular flexibility index (Phi) is 3.00. The maximum Gasteiger partial charge on any atom is 0.435 e. The maximum absolute atomic E-state index is 12.6. The van der Waals surface area contributed by atoms with Gasteiger partial charge in [0.25, 0.3) is 5.56 Å². The van der Waals surface area contributed by atoms with Gasteiger partial charge in [0.2, 0.25) is 0 Å². The van der Waals surface area contributed by atoms with Crippen molar-refractivity contribution in [3.05, 3.63) is 64.5 Å². The molecule has 0 aliphatic heterocycles. The molecule has 0 aliphatic carbocycles. The van der Waals surface area contributed by atoms with Crippen LogP contribution in [-0.4, -0.2) is 19.2 Å². The molecule has 0 bridgehead atoms. The van der Waals surface area contributed by atoms with Gasteiger partial charge in [-0.3, -0.25) is 4.79 Å². The molecule has 0 aliphatic rings. The summed E-state index contributed by atoms with van der Waals surface area (Å²) < 4.78 is 40.3. The van der Waals surface area contributed by atoms with Crippen molar-refractivity contribution in [3.8, 4) is 0 Å². The van der Waals surface area contributed by atoms with Gasteiger partial charge in [-0.25, -0.2) is 9.67 Å². The number of halogens is 3. The smallest absolute Gasteiger partial charge is 0.307 e. The number of rotatable bonds is 2. The molecule has 0 amide bonds. The van der Waals surface area contributed by atoms with Crippen LogP contribution in [0.15, 0.2) is 47.5 Å². The number of hydrogen-bond donors (Lipinski definition) is 0. The van der Waals surface area contributed by atoms with E-state index < -0.39 is 17.4 Å². The predicted molar refractivity (Wildman–Crippen MR) is 67.8 cm³/mol. The molecule has 0 saturated heterocycles. The Morgan fingerprint density at radius 3 is 2.67 bits per heavy atom. The number of aromatic nitrogens is 4. The van der Waals surface area contributed by atoms with Crippen molar-refractivity contribution in [1.82, 2.24) is 19.2 Å². The molecular weight excluding hydrogens is 285 g/mol. The fourth-order valence-electron chi connectivity index (χ4n) is 1.93. The highest BCUT2D eigenvalue weighted by molar-refractivity contribution is 5.39. The summed E-state index contributed by atoms with van der Waals surface area (Å²) in [5.74, 6) is 0. The molecule has 0 radical (unpaired) electrons. The van der Waals surface area contributed by atoms with Gasteiger partial charge in [-0.2, -0.15) is 18.3 Å². The molecule has 0 unspecified atom stereocenters. The summed E-state index contributed by atoms with van der Waals surface area (Å²) in [5.41, 5.74) is -0.617. The molecule has 0 atom stereocenters. The molecule has 8 heteroatoms. The first kappa shape index (κ1) is 13.3. The lowest BCUT2D eigenvalue weighted by Crippen LogP contribution is -2.26. The summed E-state index contributed by atoms with van der Waals surface area (Å²) >= 11 is 0. The van der Waals surface area contributed by atoms with Crippen LogP contribution >= 0.6 is 0 Å². The Bertz CT molecular complexity index is 817. The monoisotopic (exact) mass is 294 g/mol. The topological polar surface area (TPSA) is 52.2 Å². The van der Waals surface area contributed by atoms with Crippen LogP contribution in [0.3, 0.4) is 0 Å². The second-order valence-corrected chi connectivity index (χ2v) is 4.41. The van der Waals surface area contributed by atoms with Crippen molar-refractivity contribution < 1.29 is 13.2 Å². The first-order valence-electron chi connectivity index (χ1n) is 6.01. The molecule has 21 heavy (non-hydrogen) atoms. The highest BCUT2D eigenvalue weighted by atomic mass is 19.4. The van der Waals surface area contributed by atoms with Crippen LogP contribution in [0.5, 0.6) is 0 Å². The third-order valence-electron chi connectivity index (χ3n) is 2.88. The SMILES string of the molecule is O=c1ccc(C(F)(F)F)nn1Cc1cn2ccccc2n1. The van der Waals surface area contributed by atoms with E-state index in [1.54, 1.807) is 35.0 Å². The van der Waals surface area contributed by atoms with Gasteiger partial charge in [0, 0.05) is 18.5 Å². The van der Waals surface area contributed by atoms with E-state index in [2.05, 4.69) is 10.1 Å². The number of fused-ring (bicyclic) bond motifs is 1. The zero-order valence-electron chi connectivity index (χ0n) is 10.6. The van der Waals surface area contributed by atoms with Crippen LogP contribution in [0, 0.1) is 0 Å². The Balaban J connectivity index is 1.99. The molecule has 0 aromatic carbocycles. The number of pyridine rings is 1. The van der Waals surface area contributed by atoms with Crippen LogP contribution in [0.2, 0.25) is 0 Å². The Labute approximate surface area is 116 Å². The first-order valence-corrected chi connectivity index (χ1v) is 6.01. The second-order valence-electron chi connectivity index (χ2n) is 4.41. The highest BCUT2D eigenvalue weighted by Gasteiger charge is 2.33. The minimum atomic E-state index is -4.59. The van der Waals surface area contributed by atoms with Crippen LogP contribution < -0.4 is 5.56 Å². The molecule has 0 N–H and O–H groups in total. The zero-order valence-corrected chi connectivity index (χ0v) is 10.6. The third-order valence-corrected chi connectivity index (χ3v) is 2.88. The predicted octanol–water partition coefficient (Wildman–Crippen LogP) is 1.96. The first-order chi connectivity index (χ1) is 9.93. The molecule has 0 spiro atoms. The minimum absolute atomic E-state index is 0.121. The van der Waals surface area contributed by atoms with E-state index in [4.69, 9.17) is 0 Å². The van der Waals surface area contributed by atoms with Crippen molar-refractivity contribution in [2.75, 3.05) is 0 Å². The van der Waals surface area contributed by atoms with Crippen LogP contribution in [0.4, 0.5) is 13.2 Å². The van der Waals surface area contributed by atoms with E-state index in [9.17, 15) is 18.0 Å². The van der Waals surface area contributed by atoms with Crippen LogP contribution in [0.1, 0.15) is 11.4 Å². The fraction of sp³-hybridized carbons (Fsp3) is 0.154. The number of imidazole rings is 1. The molecule has 3 aromatic rings. The molecule has 3 heterocycles. The number of alkyl halides is 3. The Hall–Kier alpha value is -2.64. The quantitative estimate of drug-likeness (QED) is 0.726. The number of nitrogens with zero attached hydrogens (tertiary/aromatic N) is 4. The van der Waals surface area contributed by atoms with Crippen molar-refractivity contribution in [3.63, 3.8) is 0 Å². The summed E-state index contributed by atoms with van der Waals surface area (Å²) in [6.07, 6.45) is -1.19. The van der Waals surface area contributed by atoms with Crippen LogP contribution in [0.25, 0.3) is 5.65 Å².